The molecule has 7 nitrogen and oxygen atoms in total. The maximum absolute atomic E-state index is 12.4. The molecule has 2 aromatic rings. The van der Waals surface area contributed by atoms with Crippen LogP contribution in [0.3, 0.4) is 0 Å². The molecule has 1 saturated carbocycles. The second kappa shape index (κ2) is 5.47. The van der Waals surface area contributed by atoms with E-state index in [0.717, 1.165) is 49.1 Å². The number of hydrogen-bond donors (Lipinski definition) is 1. The fourth-order valence-corrected chi connectivity index (χ4v) is 3.23. The van der Waals surface area contributed by atoms with E-state index in [1.807, 2.05) is 13.8 Å². The van der Waals surface area contributed by atoms with Crippen LogP contribution in [-0.4, -0.2) is 40.2 Å². The molecule has 2 aliphatic rings. The highest BCUT2D eigenvalue weighted by atomic mass is 16.5. The van der Waals surface area contributed by atoms with Gasteiger partial charge in [0.25, 0.3) is 5.71 Å². The fourth-order valence-electron chi connectivity index (χ4n) is 3.23. The predicted octanol–water partition coefficient (Wildman–Crippen LogP) is 1.73. The average molecular weight is 315 g/mol. The fraction of sp³-hybridized carbons (Fsp3) is 0.625. The van der Waals surface area contributed by atoms with E-state index in [1.165, 1.54) is 0 Å². The summed E-state index contributed by atoms with van der Waals surface area (Å²) in [4.78, 5) is 23.5. The van der Waals surface area contributed by atoms with Crippen LogP contribution >= 0.6 is 0 Å². The average Bonchev–Trinajstić information content (AvgIpc) is 3.29. The van der Waals surface area contributed by atoms with E-state index in [-0.39, 0.29) is 11.8 Å². The van der Waals surface area contributed by atoms with Crippen molar-refractivity contribution in [3.63, 3.8) is 0 Å². The Morgan fingerprint density at radius 1 is 1.26 bits per heavy atom. The zero-order chi connectivity index (χ0) is 16.0. The van der Waals surface area contributed by atoms with Crippen LogP contribution in [0.15, 0.2) is 4.52 Å². The Bertz CT molecular complexity index is 752. The number of aromatic nitrogens is 3. The van der Waals surface area contributed by atoms with Gasteiger partial charge in [-0.3, -0.25) is 4.79 Å². The maximum atomic E-state index is 12.4. The molecule has 2 aromatic heterocycles. The van der Waals surface area contributed by atoms with Gasteiger partial charge in [0.05, 0.1) is 11.6 Å². The molecule has 1 aliphatic heterocycles. The maximum Gasteiger partial charge on any atom is 0.263 e. The minimum absolute atomic E-state index is 0.0230. The van der Waals surface area contributed by atoms with E-state index in [4.69, 9.17) is 4.52 Å². The van der Waals surface area contributed by atoms with Crippen LogP contribution in [0.2, 0.25) is 0 Å². The molecular formula is C16H21N5O2. The third kappa shape index (κ3) is 2.75. The van der Waals surface area contributed by atoms with Crippen molar-refractivity contribution in [2.24, 2.45) is 5.92 Å². The van der Waals surface area contributed by atoms with Crippen LogP contribution < -0.4 is 10.2 Å². The van der Waals surface area contributed by atoms with Crippen LogP contribution in [0.5, 0.6) is 0 Å². The van der Waals surface area contributed by atoms with Crippen LogP contribution in [0, 0.1) is 19.8 Å². The van der Waals surface area contributed by atoms with Gasteiger partial charge in [-0.2, -0.15) is 4.98 Å². The number of nitrogens with one attached hydrogen (secondary N) is 1. The quantitative estimate of drug-likeness (QED) is 0.928. The van der Waals surface area contributed by atoms with E-state index in [0.29, 0.717) is 24.1 Å². The summed E-state index contributed by atoms with van der Waals surface area (Å²) in [7, 11) is 0. The summed E-state index contributed by atoms with van der Waals surface area (Å²) in [6.07, 6.45) is 4.16. The van der Waals surface area contributed by atoms with Crippen molar-refractivity contribution in [3.05, 3.63) is 11.5 Å². The summed E-state index contributed by atoms with van der Waals surface area (Å²) in [5.74, 6) is 1.71. The molecule has 0 radical (unpaired) electrons. The molecule has 1 unspecified atom stereocenters. The molecule has 4 rings (SSSR count). The number of amides is 1. The van der Waals surface area contributed by atoms with Gasteiger partial charge in [-0.1, -0.05) is 5.16 Å². The highest BCUT2D eigenvalue weighted by Gasteiger charge is 2.32. The van der Waals surface area contributed by atoms with Crippen molar-refractivity contribution in [3.8, 4) is 0 Å². The van der Waals surface area contributed by atoms with Crippen molar-refractivity contribution in [2.75, 3.05) is 18.0 Å². The Morgan fingerprint density at radius 2 is 2.09 bits per heavy atom. The van der Waals surface area contributed by atoms with Crippen molar-refractivity contribution in [2.45, 2.75) is 45.6 Å². The van der Waals surface area contributed by atoms with Gasteiger partial charge >= 0.3 is 0 Å². The summed E-state index contributed by atoms with van der Waals surface area (Å²) in [5.41, 5.74) is 1.31. The SMILES string of the molecule is Cc1nc(N2CCCC(C(=O)NC3CC3)C2)c2c(C)noc2n1. The molecular weight excluding hydrogens is 294 g/mol. The molecule has 1 N–H and O–H groups in total. The van der Waals surface area contributed by atoms with Crippen molar-refractivity contribution >= 4 is 22.8 Å². The first-order chi connectivity index (χ1) is 11.1. The summed E-state index contributed by atoms with van der Waals surface area (Å²) in [5, 5.41) is 7.99. The first kappa shape index (κ1) is 14.4. The lowest BCUT2D eigenvalue weighted by atomic mass is 9.97. The number of rotatable bonds is 3. The molecule has 1 saturated heterocycles. The largest absolute Gasteiger partial charge is 0.355 e. The number of carbonyl (C=O) groups is 1. The standard InChI is InChI=1S/C16H21N5O2/c1-9-13-14(17-10(2)18-16(13)23-20-9)21-7-3-4-11(8-21)15(22)19-12-5-6-12/h11-12H,3-8H2,1-2H3,(H,19,22). The van der Waals surface area contributed by atoms with E-state index >= 15 is 0 Å². The third-order valence-corrected chi connectivity index (χ3v) is 4.61. The first-order valence-corrected chi connectivity index (χ1v) is 8.28. The smallest absolute Gasteiger partial charge is 0.263 e. The normalized spacial score (nSPS) is 21.7. The van der Waals surface area contributed by atoms with E-state index in [1.54, 1.807) is 0 Å². The lowest BCUT2D eigenvalue weighted by molar-refractivity contribution is -0.125. The van der Waals surface area contributed by atoms with E-state index < -0.39 is 0 Å². The first-order valence-electron chi connectivity index (χ1n) is 8.28. The van der Waals surface area contributed by atoms with Crippen molar-refractivity contribution < 1.29 is 9.32 Å². The third-order valence-electron chi connectivity index (χ3n) is 4.61. The molecule has 2 fully saturated rings. The van der Waals surface area contributed by atoms with Crippen molar-refractivity contribution in [1.82, 2.24) is 20.4 Å². The predicted molar refractivity (Wildman–Crippen MR) is 85.2 cm³/mol. The summed E-state index contributed by atoms with van der Waals surface area (Å²) in [6.45, 7) is 5.33. The van der Waals surface area contributed by atoms with Gasteiger partial charge in [-0.15, -0.1) is 0 Å². The molecule has 1 atom stereocenters. The van der Waals surface area contributed by atoms with Gasteiger partial charge in [0, 0.05) is 19.1 Å². The Morgan fingerprint density at radius 3 is 2.87 bits per heavy atom. The van der Waals surface area contributed by atoms with Gasteiger partial charge in [-0.25, -0.2) is 4.98 Å². The van der Waals surface area contributed by atoms with E-state index in [2.05, 4.69) is 25.3 Å². The van der Waals surface area contributed by atoms with Crippen LogP contribution in [-0.2, 0) is 4.79 Å². The monoisotopic (exact) mass is 315 g/mol. The zero-order valence-corrected chi connectivity index (χ0v) is 13.5. The lowest BCUT2D eigenvalue weighted by Crippen LogP contribution is -2.44. The number of carbonyl (C=O) groups excluding carboxylic acids is 1. The highest BCUT2D eigenvalue weighted by molar-refractivity contribution is 5.88. The van der Waals surface area contributed by atoms with Crippen LogP contribution in [0.4, 0.5) is 5.82 Å². The Kier molecular flexibility index (Phi) is 3.43. The number of piperidine rings is 1. The number of aryl methyl sites for hydroxylation is 2. The Labute approximate surface area is 134 Å². The molecule has 1 amide bonds. The van der Waals surface area contributed by atoms with Gasteiger partial charge in [0.1, 0.15) is 17.0 Å². The molecule has 122 valence electrons. The molecule has 0 bridgehead atoms. The van der Waals surface area contributed by atoms with Gasteiger partial charge < -0.3 is 14.7 Å². The second-order valence-corrected chi connectivity index (χ2v) is 6.61. The lowest BCUT2D eigenvalue weighted by Gasteiger charge is -2.33. The molecule has 7 heteroatoms. The van der Waals surface area contributed by atoms with Gasteiger partial charge in [0.2, 0.25) is 5.91 Å². The van der Waals surface area contributed by atoms with Crippen molar-refractivity contribution in [1.29, 1.82) is 0 Å². The molecule has 1 aliphatic carbocycles. The Balaban J connectivity index is 1.61. The molecule has 3 heterocycles. The summed E-state index contributed by atoms with van der Waals surface area (Å²) >= 11 is 0. The van der Waals surface area contributed by atoms with E-state index in [9.17, 15) is 4.79 Å². The number of nitrogens with zero attached hydrogens (tertiary/aromatic N) is 4. The number of hydrogen-bond acceptors (Lipinski definition) is 6. The van der Waals surface area contributed by atoms with Crippen LogP contribution in [0.1, 0.15) is 37.2 Å². The minimum atomic E-state index is 0.0230. The number of anilines is 1. The second-order valence-electron chi connectivity index (χ2n) is 6.61. The topological polar surface area (TPSA) is 84.2 Å². The van der Waals surface area contributed by atoms with Gasteiger partial charge in [-0.05, 0) is 39.5 Å². The Hall–Kier alpha value is -2.18. The zero-order valence-electron chi connectivity index (χ0n) is 13.5. The van der Waals surface area contributed by atoms with Gasteiger partial charge in [0.15, 0.2) is 0 Å². The number of fused-ring (bicyclic) bond motifs is 1. The minimum Gasteiger partial charge on any atom is -0.355 e. The molecule has 0 spiro atoms. The molecule has 0 aromatic carbocycles. The highest BCUT2D eigenvalue weighted by Crippen LogP contribution is 2.30. The van der Waals surface area contributed by atoms with Crippen LogP contribution in [0.25, 0.3) is 11.1 Å². The summed E-state index contributed by atoms with van der Waals surface area (Å²) in [6, 6.07) is 0.409. The summed E-state index contributed by atoms with van der Waals surface area (Å²) < 4.78 is 5.29. The molecule has 23 heavy (non-hydrogen) atoms.